The minimum Gasteiger partial charge on any atom is -0.390 e. The second-order valence-electron chi connectivity index (χ2n) is 3.79. The van der Waals surface area contributed by atoms with Crippen LogP contribution in [0.5, 0.6) is 0 Å². The van der Waals surface area contributed by atoms with Crippen LogP contribution in [0.3, 0.4) is 0 Å². The number of hydrogen-bond donors (Lipinski definition) is 2. The summed E-state index contributed by atoms with van der Waals surface area (Å²) in [6.07, 6.45) is 2.88. The Morgan fingerprint density at radius 3 is 2.94 bits per heavy atom. The molecule has 2 aromatic rings. The van der Waals surface area contributed by atoms with Crippen LogP contribution in [-0.2, 0) is 6.61 Å². The van der Waals surface area contributed by atoms with Crippen LogP contribution < -0.4 is 5.56 Å². The maximum atomic E-state index is 11.7. The zero-order valence-corrected chi connectivity index (χ0v) is 9.95. The van der Waals surface area contributed by atoms with E-state index in [1.807, 2.05) is 0 Å². The highest BCUT2D eigenvalue weighted by atomic mass is 16.3. The highest BCUT2D eigenvalue weighted by Crippen LogP contribution is 2.06. The van der Waals surface area contributed by atoms with E-state index in [9.17, 15) is 4.79 Å². The average Bonchev–Trinajstić information content (AvgIpc) is 2.36. The van der Waals surface area contributed by atoms with Crippen molar-refractivity contribution in [2.24, 2.45) is 4.99 Å². The van der Waals surface area contributed by atoms with Crippen LogP contribution in [0.2, 0.25) is 0 Å². The molecule has 0 amide bonds. The maximum absolute atomic E-state index is 11.7. The van der Waals surface area contributed by atoms with Crippen LogP contribution in [0.25, 0.3) is 11.2 Å². The van der Waals surface area contributed by atoms with E-state index in [0.29, 0.717) is 5.69 Å². The number of aromatic nitrogens is 4. The Labute approximate surface area is 102 Å². The summed E-state index contributed by atoms with van der Waals surface area (Å²) in [4.78, 5) is 31.9. The molecule has 0 saturated carbocycles. The van der Waals surface area contributed by atoms with Gasteiger partial charge < -0.3 is 10.0 Å². The number of aliphatic hydroxyl groups is 1. The lowest BCUT2D eigenvalue weighted by molar-refractivity contribution is 0.277. The third-order valence-corrected chi connectivity index (χ3v) is 2.03. The van der Waals surface area contributed by atoms with Crippen molar-refractivity contribution in [3.05, 3.63) is 22.2 Å². The Hall–Kier alpha value is -2.35. The minimum atomic E-state index is -0.436. The molecule has 0 bridgehead atoms. The SMILES string of the molecule is CN(C)/C=N/c1nc2ncc(CO)nc2c(=O)[nH]1. The fourth-order valence-corrected chi connectivity index (χ4v) is 1.25. The van der Waals surface area contributed by atoms with Crippen LogP contribution in [0.4, 0.5) is 5.95 Å². The van der Waals surface area contributed by atoms with E-state index in [1.54, 1.807) is 19.0 Å². The fraction of sp³-hybridized carbons (Fsp3) is 0.300. The highest BCUT2D eigenvalue weighted by Gasteiger charge is 2.06. The predicted octanol–water partition coefficient (Wildman–Crippen LogP) is -0.573. The van der Waals surface area contributed by atoms with Crippen LogP contribution in [0.1, 0.15) is 5.69 Å². The molecule has 2 aromatic heterocycles. The average molecular weight is 248 g/mol. The molecule has 0 aliphatic rings. The van der Waals surface area contributed by atoms with Crippen molar-refractivity contribution < 1.29 is 5.11 Å². The van der Waals surface area contributed by atoms with Crippen LogP contribution in [-0.4, -0.2) is 50.4 Å². The summed E-state index contributed by atoms with van der Waals surface area (Å²) in [5.41, 5.74) is 0.167. The Bertz CT molecular complexity index is 648. The lowest BCUT2D eigenvalue weighted by Gasteiger charge is -2.02. The second-order valence-corrected chi connectivity index (χ2v) is 3.79. The van der Waals surface area contributed by atoms with Gasteiger partial charge in [-0.25, -0.2) is 15.0 Å². The number of aromatic amines is 1. The molecule has 8 heteroatoms. The van der Waals surface area contributed by atoms with E-state index < -0.39 is 5.56 Å². The van der Waals surface area contributed by atoms with Gasteiger partial charge in [-0.2, -0.15) is 4.98 Å². The normalized spacial score (nSPS) is 11.3. The Morgan fingerprint density at radius 1 is 1.50 bits per heavy atom. The smallest absolute Gasteiger partial charge is 0.280 e. The number of nitrogens with one attached hydrogen (secondary N) is 1. The van der Waals surface area contributed by atoms with Crippen molar-refractivity contribution in [3.63, 3.8) is 0 Å². The number of H-pyrrole nitrogens is 1. The fourth-order valence-electron chi connectivity index (χ4n) is 1.25. The van der Waals surface area contributed by atoms with Gasteiger partial charge in [0.05, 0.1) is 24.8 Å². The number of nitrogens with zero attached hydrogens (tertiary/aromatic N) is 5. The van der Waals surface area contributed by atoms with E-state index in [2.05, 4.69) is 24.9 Å². The first-order valence-corrected chi connectivity index (χ1v) is 5.17. The summed E-state index contributed by atoms with van der Waals surface area (Å²) in [6, 6.07) is 0. The van der Waals surface area contributed by atoms with Gasteiger partial charge in [-0.1, -0.05) is 0 Å². The van der Waals surface area contributed by atoms with Crippen LogP contribution in [0.15, 0.2) is 16.0 Å². The topological polar surface area (TPSA) is 107 Å². The van der Waals surface area contributed by atoms with Gasteiger partial charge >= 0.3 is 0 Å². The van der Waals surface area contributed by atoms with E-state index in [-0.39, 0.29) is 23.7 Å². The Balaban J connectivity index is 2.53. The third kappa shape index (κ3) is 2.48. The number of fused-ring (bicyclic) bond motifs is 1. The number of aliphatic imine (C=N–C) groups is 1. The number of rotatable bonds is 3. The first-order chi connectivity index (χ1) is 8.60. The molecule has 0 fully saturated rings. The van der Waals surface area contributed by atoms with Gasteiger partial charge in [-0.05, 0) is 0 Å². The van der Waals surface area contributed by atoms with E-state index in [1.165, 1.54) is 12.5 Å². The molecular formula is C10H12N6O2. The third-order valence-electron chi connectivity index (χ3n) is 2.03. The van der Waals surface area contributed by atoms with E-state index in [4.69, 9.17) is 5.11 Å². The molecule has 0 spiro atoms. The first kappa shape index (κ1) is 12.1. The van der Waals surface area contributed by atoms with Gasteiger partial charge in [0.1, 0.15) is 0 Å². The summed E-state index contributed by atoms with van der Waals surface area (Å²) in [5, 5.41) is 8.92. The van der Waals surface area contributed by atoms with E-state index in [0.717, 1.165) is 0 Å². The quantitative estimate of drug-likeness (QED) is 0.556. The number of aliphatic hydroxyl groups excluding tert-OH is 1. The van der Waals surface area contributed by atoms with Gasteiger partial charge in [0.25, 0.3) is 5.56 Å². The lowest BCUT2D eigenvalue weighted by atomic mass is 10.4. The molecule has 94 valence electrons. The Morgan fingerprint density at radius 2 is 2.28 bits per heavy atom. The van der Waals surface area contributed by atoms with Gasteiger partial charge in [-0.15, -0.1) is 0 Å². The summed E-state index contributed by atoms with van der Waals surface area (Å²) in [6.45, 7) is -0.275. The van der Waals surface area contributed by atoms with Crippen molar-refractivity contribution in [3.8, 4) is 0 Å². The Kier molecular flexibility index (Phi) is 3.28. The summed E-state index contributed by atoms with van der Waals surface area (Å²) in [7, 11) is 3.60. The largest absolute Gasteiger partial charge is 0.390 e. The van der Waals surface area contributed by atoms with Gasteiger partial charge in [0.15, 0.2) is 11.2 Å². The van der Waals surface area contributed by atoms with Gasteiger partial charge in [0, 0.05) is 14.1 Å². The lowest BCUT2D eigenvalue weighted by Crippen LogP contribution is -2.12. The monoisotopic (exact) mass is 248 g/mol. The van der Waals surface area contributed by atoms with Crippen molar-refractivity contribution in [1.29, 1.82) is 0 Å². The molecular weight excluding hydrogens is 236 g/mol. The van der Waals surface area contributed by atoms with Crippen molar-refractivity contribution >= 4 is 23.5 Å². The molecule has 0 aromatic carbocycles. The van der Waals surface area contributed by atoms with Crippen molar-refractivity contribution in [1.82, 2.24) is 24.8 Å². The standard InChI is InChI=1S/C10H12N6O2/c1-16(2)5-12-10-14-8-7(9(18)15-10)13-6(4-17)3-11-8/h3,5,17H,4H2,1-2H3,(H,11,14,15,18)/b12-5+. The number of hydrogen-bond acceptors (Lipinski definition) is 6. The second kappa shape index (κ2) is 4.88. The van der Waals surface area contributed by atoms with Gasteiger partial charge in [0.2, 0.25) is 5.95 Å². The van der Waals surface area contributed by atoms with Crippen LogP contribution in [0, 0.1) is 0 Å². The summed E-state index contributed by atoms with van der Waals surface area (Å²) in [5.74, 6) is 0.159. The zero-order chi connectivity index (χ0) is 13.1. The molecule has 18 heavy (non-hydrogen) atoms. The predicted molar refractivity (Wildman–Crippen MR) is 65.7 cm³/mol. The minimum absolute atomic E-state index is 0.0883. The molecule has 8 nitrogen and oxygen atoms in total. The maximum Gasteiger partial charge on any atom is 0.280 e. The van der Waals surface area contributed by atoms with E-state index >= 15 is 0 Å². The van der Waals surface area contributed by atoms with Crippen LogP contribution >= 0.6 is 0 Å². The molecule has 0 saturated heterocycles. The summed E-state index contributed by atoms with van der Waals surface area (Å²) < 4.78 is 0. The molecule has 0 aliphatic carbocycles. The molecule has 2 rings (SSSR count). The van der Waals surface area contributed by atoms with Gasteiger partial charge in [-0.3, -0.25) is 9.78 Å². The molecule has 0 atom stereocenters. The molecule has 0 aliphatic heterocycles. The first-order valence-electron chi connectivity index (χ1n) is 5.17. The molecule has 2 heterocycles. The van der Waals surface area contributed by atoms with Crippen molar-refractivity contribution in [2.75, 3.05) is 14.1 Å². The van der Waals surface area contributed by atoms with Crippen molar-refractivity contribution in [2.45, 2.75) is 6.61 Å². The molecule has 0 unspecified atom stereocenters. The molecule has 0 radical (unpaired) electrons. The zero-order valence-electron chi connectivity index (χ0n) is 9.95. The highest BCUT2D eigenvalue weighted by molar-refractivity contribution is 5.69. The summed E-state index contributed by atoms with van der Waals surface area (Å²) >= 11 is 0. The molecule has 2 N–H and O–H groups in total.